The first-order valence-electron chi connectivity index (χ1n) is 6.74. The van der Waals surface area contributed by atoms with E-state index in [-0.39, 0.29) is 0 Å². The van der Waals surface area contributed by atoms with E-state index in [0.717, 1.165) is 24.4 Å². The van der Waals surface area contributed by atoms with Gasteiger partial charge in [0.25, 0.3) is 0 Å². The first-order valence-corrected chi connectivity index (χ1v) is 6.74. The van der Waals surface area contributed by atoms with Gasteiger partial charge in [-0.2, -0.15) is 0 Å². The Morgan fingerprint density at radius 2 is 1.84 bits per heavy atom. The molecule has 0 saturated carbocycles. The molecule has 0 saturated heterocycles. The maximum atomic E-state index is 5.72. The topological polar surface area (TPSA) is 42.4 Å². The Kier molecular flexibility index (Phi) is 4.77. The number of nitrogens with zero attached hydrogens (tertiary/aromatic N) is 1. The van der Waals surface area contributed by atoms with Gasteiger partial charge in [0.1, 0.15) is 5.76 Å². The smallest absolute Gasteiger partial charge is 0.122 e. The van der Waals surface area contributed by atoms with Crippen LogP contribution in [0.5, 0.6) is 0 Å². The summed E-state index contributed by atoms with van der Waals surface area (Å²) < 4.78 is 5.55. The van der Waals surface area contributed by atoms with Crippen LogP contribution in [-0.4, -0.2) is 10.9 Å². The zero-order valence-corrected chi connectivity index (χ0v) is 11.7. The summed E-state index contributed by atoms with van der Waals surface area (Å²) in [7, 11) is 0. The molecule has 1 aromatic heterocycles. The number of nitrogens with two attached hydrogens (primary N) is 1. The van der Waals surface area contributed by atoms with Gasteiger partial charge in [-0.1, -0.05) is 30.3 Å². The molecule has 0 aliphatic rings. The van der Waals surface area contributed by atoms with Crippen LogP contribution in [0.3, 0.4) is 0 Å². The lowest BCUT2D eigenvalue weighted by Gasteiger charge is -2.26. The molecule has 0 spiro atoms. The SMILES string of the molecule is CC(C)N(Cc1ccccc1)Cc1occc1CN. The minimum atomic E-state index is 0.455. The normalized spacial score (nSPS) is 11.4. The van der Waals surface area contributed by atoms with Crippen molar-refractivity contribution >= 4 is 0 Å². The summed E-state index contributed by atoms with van der Waals surface area (Å²) in [6.45, 7) is 6.65. The van der Waals surface area contributed by atoms with Crippen molar-refractivity contribution in [1.82, 2.24) is 4.90 Å². The molecule has 1 aromatic carbocycles. The third kappa shape index (κ3) is 3.69. The Balaban J connectivity index is 2.09. The average Bonchev–Trinajstić information content (AvgIpc) is 2.86. The zero-order chi connectivity index (χ0) is 13.7. The molecule has 0 radical (unpaired) electrons. The fourth-order valence-electron chi connectivity index (χ4n) is 2.11. The van der Waals surface area contributed by atoms with Gasteiger partial charge in [0, 0.05) is 24.7 Å². The molecule has 3 heteroatoms. The molecule has 1 heterocycles. The molecule has 3 nitrogen and oxygen atoms in total. The summed E-state index contributed by atoms with van der Waals surface area (Å²) in [5, 5.41) is 0. The van der Waals surface area contributed by atoms with Crippen LogP contribution >= 0.6 is 0 Å². The van der Waals surface area contributed by atoms with Gasteiger partial charge in [-0.15, -0.1) is 0 Å². The van der Waals surface area contributed by atoms with Crippen LogP contribution in [0.2, 0.25) is 0 Å². The van der Waals surface area contributed by atoms with Crippen LogP contribution in [0.25, 0.3) is 0 Å². The molecule has 0 bridgehead atoms. The molecule has 2 rings (SSSR count). The molecule has 0 unspecified atom stereocenters. The largest absolute Gasteiger partial charge is 0.468 e. The third-order valence-corrected chi connectivity index (χ3v) is 3.36. The highest BCUT2D eigenvalue weighted by Gasteiger charge is 2.14. The lowest BCUT2D eigenvalue weighted by Crippen LogP contribution is -2.30. The van der Waals surface area contributed by atoms with E-state index in [1.54, 1.807) is 6.26 Å². The van der Waals surface area contributed by atoms with Crippen LogP contribution in [0.1, 0.15) is 30.7 Å². The van der Waals surface area contributed by atoms with Crippen LogP contribution in [-0.2, 0) is 19.6 Å². The van der Waals surface area contributed by atoms with Crippen LogP contribution < -0.4 is 5.73 Å². The zero-order valence-electron chi connectivity index (χ0n) is 11.7. The van der Waals surface area contributed by atoms with Crippen molar-refractivity contribution in [3.63, 3.8) is 0 Å². The molecular formula is C16H22N2O. The number of rotatable bonds is 6. The molecule has 2 aromatic rings. The number of hydrogen-bond acceptors (Lipinski definition) is 3. The van der Waals surface area contributed by atoms with Gasteiger partial charge in [-0.3, -0.25) is 4.90 Å². The van der Waals surface area contributed by atoms with E-state index >= 15 is 0 Å². The fourth-order valence-corrected chi connectivity index (χ4v) is 2.11. The maximum absolute atomic E-state index is 5.72. The highest BCUT2D eigenvalue weighted by atomic mass is 16.3. The Labute approximate surface area is 115 Å². The first kappa shape index (κ1) is 13.8. The minimum absolute atomic E-state index is 0.455. The second-order valence-electron chi connectivity index (χ2n) is 5.06. The summed E-state index contributed by atoms with van der Waals surface area (Å²) >= 11 is 0. The Hall–Kier alpha value is -1.58. The van der Waals surface area contributed by atoms with Gasteiger partial charge in [0.05, 0.1) is 12.8 Å². The molecule has 0 aliphatic heterocycles. The van der Waals surface area contributed by atoms with E-state index in [1.165, 1.54) is 5.56 Å². The number of hydrogen-bond donors (Lipinski definition) is 1. The van der Waals surface area contributed by atoms with Crippen molar-refractivity contribution in [2.45, 2.75) is 39.5 Å². The van der Waals surface area contributed by atoms with E-state index in [0.29, 0.717) is 12.6 Å². The highest BCUT2D eigenvalue weighted by Crippen LogP contribution is 2.17. The monoisotopic (exact) mass is 258 g/mol. The van der Waals surface area contributed by atoms with Crippen molar-refractivity contribution in [2.75, 3.05) is 0 Å². The third-order valence-electron chi connectivity index (χ3n) is 3.36. The summed E-state index contributed by atoms with van der Waals surface area (Å²) in [4.78, 5) is 2.38. The maximum Gasteiger partial charge on any atom is 0.122 e. The lowest BCUT2D eigenvalue weighted by atomic mass is 10.1. The molecular weight excluding hydrogens is 236 g/mol. The molecule has 19 heavy (non-hydrogen) atoms. The summed E-state index contributed by atoms with van der Waals surface area (Å²) in [5.74, 6) is 0.979. The Morgan fingerprint density at radius 1 is 1.11 bits per heavy atom. The molecule has 102 valence electrons. The minimum Gasteiger partial charge on any atom is -0.468 e. The highest BCUT2D eigenvalue weighted by molar-refractivity contribution is 5.18. The van der Waals surface area contributed by atoms with E-state index in [2.05, 4.69) is 43.0 Å². The number of furan rings is 1. The molecule has 0 fully saturated rings. The second kappa shape index (κ2) is 6.55. The summed E-state index contributed by atoms with van der Waals surface area (Å²) in [6, 6.07) is 12.9. The van der Waals surface area contributed by atoms with Crippen molar-refractivity contribution in [3.8, 4) is 0 Å². The van der Waals surface area contributed by atoms with Crippen LogP contribution in [0.4, 0.5) is 0 Å². The standard InChI is InChI=1S/C16H22N2O/c1-13(2)18(11-14-6-4-3-5-7-14)12-16-15(10-17)8-9-19-16/h3-9,13H,10-12,17H2,1-2H3. The van der Waals surface area contributed by atoms with Gasteiger partial charge in [0.15, 0.2) is 0 Å². The Bertz CT molecular complexity index is 490. The Morgan fingerprint density at radius 3 is 2.47 bits per heavy atom. The van der Waals surface area contributed by atoms with Gasteiger partial charge >= 0.3 is 0 Å². The van der Waals surface area contributed by atoms with Crippen LogP contribution in [0, 0.1) is 0 Å². The van der Waals surface area contributed by atoms with Crippen molar-refractivity contribution in [3.05, 3.63) is 59.5 Å². The van der Waals surface area contributed by atoms with Gasteiger partial charge in [-0.25, -0.2) is 0 Å². The quantitative estimate of drug-likeness (QED) is 0.865. The molecule has 0 aliphatic carbocycles. The van der Waals surface area contributed by atoms with Crippen molar-refractivity contribution < 1.29 is 4.42 Å². The van der Waals surface area contributed by atoms with Crippen molar-refractivity contribution in [2.24, 2.45) is 5.73 Å². The van der Waals surface area contributed by atoms with E-state index in [1.807, 2.05) is 12.1 Å². The number of benzene rings is 1. The predicted molar refractivity (Wildman–Crippen MR) is 77.4 cm³/mol. The van der Waals surface area contributed by atoms with Gasteiger partial charge < -0.3 is 10.2 Å². The molecule has 0 atom stereocenters. The first-order chi connectivity index (χ1) is 9.20. The summed E-state index contributed by atoms with van der Waals surface area (Å²) in [5.41, 5.74) is 8.13. The van der Waals surface area contributed by atoms with E-state index < -0.39 is 0 Å². The van der Waals surface area contributed by atoms with Crippen molar-refractivity contribution in [1.29, 1.82) is 0 Å². The van der Waals surface area contributed by atoms with E-state index in [9.17, 15) is 0 Å². The predicted octanol–water partition coefficient (Wildman–Crippen LogP) is 3.15. The van der Waals surface area contributed by atoms with Gasteiger partial charge in [0.2, 0.25) is 0 Å². The fraction of sp³-hybridized carbons (Fsp3) is 0.375. The lowest BCUT2D eigenvalue weighted by molar-refractivity contribution is 0.187. The molecule has 0 amide bonds. The summed E-state index contributed by atoms with van der Waals surface area (Å²) in [6.07, 6.45) is 1.72. The molecule has 2 N–H and O–H groups in total. The van der Waals surface area contributed by atoms with Crippen LogP contribution in [0.15, 0.2) is 47.1 Å². The second-order valence-corrected chi connectivity index (χ2v) is 5.06. The van der Waals surface area contributed by atoms with E-state index in [4.69, 9.17) is 10.2 Å². The van der Waals surface area contributed by atoms with Gasteiger partial charge in [-0.05, 0) is 25.5 Å². The average molecular weight is 258 g/mol.